The second-order valence-corrected chi connectivity index (χ2v) is 12.8. The number of aromatic nitrogens is 2. The van der Waals surface area contributed by atoms with Gasteiger partial charge in [0.1, 0.15) is 23.4 Å². The topological polar surface area (TPSA) is 21.9 Å². The highest BCUT2D eigenvalue weighted by Gasteiger charge is 2.38. The maximum absolute atomic E-state index is 6.90. The quantitative estimate of drug-likeness (QED) is 0.206. The number of hydrogen-bond acceptors (Lipinski definition) is 1. The van der Waals surface area contributed by atoms with E-state index in [0.717, 1.165) is 17.7 Å². The molecule has 1 aliphatic heterocycles. The Morgan fingerprint density at radius 2 is 1.37 bits per heavy atom. The Labute approximate surface area is 241 Å². The predicted molar refractivity (Wildman–Crippen MR) is 167 cm³/mol. The van der Waals surface area contributed by atoms with Gasteiger partial charge in [-0.25, -0.2) is 4.57 Å². The number of nitrogens with zero attached hydrogens (tertiary/aromatic N) is 2. The fraction of sp³-hybridized carbons (Fsp3) is 0.342. The number of rotatable bonds is 3. The number of para-hydroxylation sites is 3. The SMILES string of the molecule is c1ccc2c(c1)C[n+]1c-2n(-c2c(C3CCCCC3)cc(C3CCCCC3)c3oc4ccccc4c23)c2ccccc21. The highest BCUT2D eigenvalue weighted by atomic mass is 16.3. The van der Waals surface area contributed by atoms with Crippen LogP contribution in [0.3, 0.4) is 0 Å². The summed E-state index contributed by atoms with van der Waals surface area (Å²) in [5, 5.41) is 2.59. The summed E-state index contributed by atoms with van der Waals surface area (Å²) in [6.07, 6.45) is 13.2. The van der Waals surface area contributed by atoms with Crippen LogP contribution in [-0.2, 0) is 6.54 Å². The summed E-state index contributed by atoms with van der Waals surface area (Å²) in [7, 11) is 0. The van der Waals surface area contributed by atoms with Gasteiger partial charge in [-0.3, -0.25) is 0 Å². The average molecular weight is 538 g/mol. The van der Waals surface area contributed by atoms with E-state index in [1.54, 1.807) is 5.56 Å². The maximum atomic E-state index is 6.90. The van der Waals surface area contributed by atoms with Gasteiger partial charge in [0.25, 0.3) is 5.82 Å². The highest BCUT2D eigenvalue weighted by Crippen LogP contribution is 2.49. The van der Waals surface area contributed by atoms with Crippen molar-refractivity contribution >= 4 is 33.0 Å². The van der Waals surface area contributed by atoms with E-state index in [1.807, 2.05) is 0 Å². The van der Waals surface area contributed by atoms with Gasteiger partial charge in [-0.15, -0.1) is 0 Å². The first kappa shape index (κ1) is 23.8. The summed E-state index contributed by atoms with van der Waals surface area (Å²) in [6, 6.07) is 29.5. The molecule has 0 saturated heterocycles. The van der Waals surface area contributed by atoms with Crippen LogP contribution in [0.15, 0.2) is 83.3 Å². The number of furan rings is 1. The van der Waals surface area contributed by atoms with Gasteiger partial charge in [-0.05, 0) is 73.4 Å². The van der Waals surface area contributed by atoms with Crippen LogP contribution in [0.4, 0.5) is 0 Å². The first-order valence-electron chi connectivity index (χ1n) is 16.0. The van der Waals surface area contributed by atoms with Crippen LogP contribution in [-0.4, -0.2) is 4.57 Å². The zero-order valence-electron chi connectivity index (χ0n) is 23.7. The lowest BCUT2D eigenvalue weighted by Crippen LogP contribution is -2.31. The lowest BCUT2D eigenvalue weighted by Gasteiger charge is -2.27. The first-order valence-corrected chi connectivity index (χ1v) is 16.0. The van der Waals surface area contributed by atoms with Crippen LogP contribution in [0.5, 0.6) is 0 Å². The van der Waals surface area contributed by atoms with Gasteiger partial charge in [0.2, 0.25) is 0 Å². The lowest BCUT2D eigenvalue weighted by atomic mass is 9.78. The Hall–Kier alpha value is -3.85. The molecule has 204 valence electrons. The van der Waals surface area contributed by atoms with E-state index in [2.05, 4.69) is 88.0 Å². The van der Waals surface area contributed by atoms with Crippen LogP contribution in [0.25, 0.3) is 50.0 Å². The van der Waals surface area contributed by atoms with Crippen molar-refractivity contribution in [2.45, 2.75) is 82.6 Å². The van der Waals surface area contributed by atoms with E-state index >= 15 is 0 Å². The third kappa shape index (κ3) is 3.54. The van der Waals surface area contributed by atoms with E-state index in [-0.39, 0.29) is 0 Å². The van der Waals surface area contributed by atoms with Gasteiger partial charge < -0.3 is 4.42 Å². The fourth-order valence-electron chi connectivity index (χ4n) is 8.54. The lowest BCUT2D eigenvalue weighted by molar-refractivity contribution is -0.645. The Kier molecular flexibility index (Phi) is 5.43. The maximum Gasteiger partial charge on any atom is 0.295 e. The van der Waals surface area contributed by atoms with Gasteiger partial charge in [-0.2, -0.15) is 4.57 Å². The number of hydrogen-bond donors (Lipinski definition) is 0. The smallest absolute Gasteiger partial charge is 0.295 e. The largest absolute Gasteiger partial charge is 0.456 e. The third-order valence-electron chi connectivity index (χ3n) is 10.5. The van der Waals surface area contributed by atoms with Crippen molar-refractivity contribution in [1.82, 2.24) is 4.57 Å². The molecule has 0 unspecified atom stereocenters. The van der Waals surface area contributed by atoms with Crippen LogP contribution >= 0.6 is 0 Å². The van der Waals surface area contributed by atoms with Crippen molar-refractivity contribution < 1.29 is 8.98 Å². The Bertz CT molecular complexity index is 1940. The molecule has 0 N–H and O–H groups in total. The molecule has 4 aromatic carbocycles. The molecular formula is C38H37N2O+. The van der Waals surface area contributed by atoms with Crippen molar-refractivity contribution in [3.05, 3.63) is 95.6 Å². The monoisotopic (exact) mass is 537 g/mol. The summed E-state index contributed by atoms with van der Waals surface area (Å²) in [4.78, 5) is 0. The standard InChI is InChI=1S/C38H37N2O/c1-3-13-25(14-4-1)30-23-31(26-15-5-2-6-16-26)37-35(29-19-9-12-22-34(29)41-37)36(30)40-33-21-11-10-20-32(33)39-24-27-17-7-8-18-28(27)38(39)40/h7-12,17-23,25-26H,1-6,13-16,24H2/q+1. The minimum absolute atomic E-state index is 0.581. The number of benzene rings is 4. The van der Waals surface area contributed by atoms with Crippen molar-refractivity contribution in [2.75, 3.05) is 0 Å². The summed E-state index contributed by atoms with van der Waals surface area (Å²) in [5.74, 6) is 2.49. The van der Waals surface area contributed by atoms with Gasteiger partial charge in [0.15, 0.2) is 11.0 Å². The summed E-state index contributed by atoms with van der Waals surface area (Å²) < 4.78 is 12.1. The number of fused-ring (bicyclic) bond motifs is 8. The Balaban J connectivity index is 1.46. The molecule has 0 bridgehead atoms. The van der Waals surface area contributed by atoms with E-state index in [1.165, 1.54) is 114 Å². The Morgan fingerprint density at radius 1 is 0.683 bits per heavy atom. The molecule has 3 heterocycles. The average Bonchev–Trinajstić information content (AvgIpc) is 3.71. The van der Waals surface area contributed by atoms with Crippen LogP contribution < -0.4 is 4.57 Å². The molecule has 2 saturated carbocycles. The summed E-state index contributed by atoms with van der Waals surface area (Å²) >= 11 is 0. The second kappa shape index (κ2) is 9.34. The number of imidazole rings is 1. The summed E-state index contributed by atoms with van der Waals surface area (Å²) in [6.45, 7) is 0.924. The zero-order valence-corrected chi connectivity index (χ0v) is 23.7. The summed E-state index contributed by atoms with van der Waals surface area (Å²) in [5.41, 5.74) is 11.9. The zero-order chi connectivity index (χ0) is 26.9. The minimum Gasteiger partial charge on any atom is -0.456 e. The molecule has 6 aromatic rings. The second-order valence-electron chi connectivity index (χ2n) is 12.8. The molecule has 41 heavy (non-hydrogen) atoms. The van der Waals surface area contributed by atoms with E-state index in [4.69, 9.17) is 4.42 Å². The van der Waals surface area contributed by atoms with Crippen LogP contribution in [0.1, 0.15) is 92.7 Å². The van der Waals surface area contributed by atoms with Gasteiger partial charge in [0, 0.05) is 16.5 Å². The van der Waals surface area contributed by atoms with Gasteiger partial charge in [0.05, 0.1) is 10.9 Å². The molecule has 2 fully saturated rings. The van der Waals surface area contributed by atoms with Crippen molar-refractivity contribution in [3.63, 3.8) is 0 Å². The molecule has 3 aliphatic rings. The highest BCUT2D eigenvalue weighted by molar-refractivity contribution is 6.12. The molecule has 2 aliphatic carbocycles. The fourth-order valence-corrected chi connectivity index (χ4v) is 8.54. The van der Waals surface area contributed by atoms with Gasteiger partial charge in [-0.1, -0.05) is 87.1 Å². The van der Waals surface area contributed by atoms with Crippen molar-refractivity contribution in [3.8, 4) is 17.1 Å². The molecule has 3 nitrogen and oxygen atoms in total. The molecule has 0 radical (unpaired) electrons. The van der Waals surface area contributed by atoms with Crippen LogP contribution in [0.2, 0.25) is 0 Å². The van der Waals surface area contributed by atoms with Gasteiger partial charge >= 0.3 is 0 Å². The molecule has 0 spiro atoms. The third-order valence-corrected chi connectivity index (χ3v) is 10.5. The normalized spacial score (nSPS) is 18.0. The van der Waals surface area contributed by atoms with E-state index < -0.39 is 0 Å². The minimum atomic E-state index is 0.581. The molecule has 2 aromatic heterocycles. The van der Waals surface area contributed by atoms with Crippen molar-refractivity contribution in [1.29, 1.82) is 0 Å². The molecular weight excluding hydrogens is 500 g/mol. The molecule has 3 heteroatoms. The van der Waals surface area contributed by atoms with Crippen LogP contribution in [0, 0.1) is 0 Å². The predicted octanol–water partition coefficient (Wildman–Crippen LogP) is 9.94. The molecule has 9 rings (SSSR count). The van der Waals surface area contributed by atoms with Crippen molar-refractivity contribution in [2.24, 2.45) is 0 Å². The Morgan fingerprint density at radius 3 is 2.20 bits per heavy atom. The molecule has 0 amide bonds. The van der Waals surface area contributed by atoms with E-state index in [9.17, 15) is 0 Å². The first-order chi connectivity index (χ1) is 20.4. The molecule has 0 atom stereocenters. The van der Waals surface area contributed by atoms with E-state index in [0.29, 0.717) is 11.8 Å².